The molecule has 0 aliphatic heterocycles. The number of halogens is 1. The first-order valence-corrected chi connectivity index (χ1v) is 10.7. The third-order valence-corrected chi connectivity index (χ3v) is 6.01. The van der Waals surface area contributed by atoms with Gasteiger partial charge < -0.3 is 14.5 Å². The average molecular weight is 428 g/mol. The summed E-state index contributed by atoms with van der Waals surface area (Å²) in [6.07, 6.45) is 4.23. The van der Waals surface area contributed by atoms with Crippen molar-refractivity contribution in [2.45, 2.75) is 52.7 Å². The van der Waals surface area contributed by atoms with Crippen molar-refractivity contribution in [1.29, 1.82) is 0 Å². The summed E-state index contributed by atoms with van der Waals surface area (Å²) in [5, 5.41) is 7.97. The molecule has 1 N–H and O–H groups in total. The number of hydrogen-bond acceptors (Lipinski definition) is 4. The van der Waals surface area contributed by atoms with Crippen molar-refractivity contribution in [1.82, 2.24) is 15.1 Å². The van der Waals surface area contributed by atoms with Crippen LogP contribution in [-0.4, -0.2) is 22.2 Å². The quantitative estimate of drug-likeness (QED) is 0.532. The Morgan fingerprint density at radius 1 is 1.23 bits per heavy atom. The topological polar surface area (TPSA) is 69.3 Å². The Morgan fingerprint density at radius 2 is 2.07 bits per heavy atom. The minimum atomic E-state index is -0.231. The fourth-order valence-electron chi connectivity index (χ4n) is 3.78. The van der Waals surface area contributed by atoms with Crippen molar-refractivity contribution in [3.63, 3.8) is 0 Å². The number of amides is 1. The van der Waals surface area contributed by atoms with E-state index in [-0.39, 0.29) is 11.7 Å². The van der Waals surface area contributed by atoms with Crippen LogP contribution < -0.4 is 10.1 Å². The number of aromatic nitrogens is 2. The molecule has 0 unspecified atom stereocenters. The first kappa shape index (κ1) is 20.5. The number of aryl methyl sites for hydroxylation is 4. The van der Waals surface area contributed by atoms with Gasteiger partial charge >= 0.3 is 0 Å². The largest absolute Gasteiger partial charge is 0.486 e. The van der Waals surface area contributed by atoms with Crippen LogP contribution in [0.1, 0.15) is 51.7 Å². The lowest BCUT2D eigenvalue weighted by molar-refractivity contribution is 0.0920. The molecule has 0 atom stereocenters. The number of benzene rings is 1. The molecule has 0 fully saturated rings. The molecule has 1 aliphatic rings. The number of hydrogen-bond donors (Lipinski definition) is 1. The van der Waals surface area contributed by atoms with Gasteiger partial charge in [-0.2, -0.15) is 5.10 Å². The molecule has 30 heavy (non-hydrogen) atoms. The van der Waals surface area contributed by atoms with Gasteiger partial charge in [-0.1, -0.05) is 17.7 Å². The molecule has 0 spiro atoms. The van der Waals surface area contributed by atoms with Crippen molar-refractivity contribution >= 4 is 17.5 Å². The van der Waals surface area contributed by atoms with Crippen LogP contribution in [0.2, 0.25) is 5.02 Å². The molecule has 1 amide bonds. The summed E-state index contributed by atoms with van der Waals surface area (Å²) in [6.45, 7) is 5.34. The van der Waals surface area contributed by atoms with Gasteiger partial charge in [0.1, 0.15) is 18.1 Å². The number of carbonyl (C=O) groups is 1. The van der Waals surface area contributed by atoms with Gasteiger partial charge in [0.25, 0.3) is 5.91 Å². The maximum atomic E-state index is 12.3. The summed E-state index contributed by atoms with van der Waals surface area (Å²) in [5.74, 6) is 1.52. The van der Waals surface area contributed by atoms with E-state index in [1.54, 1.807) is 12.1 Å². The predicted octanol–water partition coefficient (Wildman–Crippen LogP) is 4.63. The zero-order valence-corrected chi connectivity index (χ0v) is 18.1. The fraction of sp³-hybridized carbons (Fsp3) is 0.391. The van der Waals surface area contributed by atoms with Gasteiger partial charge in [0.2, 0.25) is 0 Å². The van der Waals surface area contributed by atoms with Gasteiger partial charge in [-0.05, 0) is 74.9 Å². The standard InChI is InChI=1S/C23H26ClN3O3/c1-15-22(24)16(2)27(26-15)12-4-11-25-23(28)21-10-9-20(30-21)14-29-19-8-7-17-5-3-6-18(17)13-19/h7-10,13H,3-6,11-12,14H2,1-2H3,(H,25,28). The molecule has 0 radical (unpaired) electrons. The van der Waals surface area contributed by atoms with Crippen LogP contribution in [0.15, 0.2) is 34.7 Å². The first-order chi connectivity index (χ1) is 14.5. The lowest BCUT2D eigenvalue weighted by atomic mass is 10.1. The second-order valence-electron chi connectivity index (χ2n) is 7.66. The van der Waals surface area contributed by atoms with Crippen LogP contribution in [0.3, 0.4) is 0 Å². The highest BCUT2D eigenvalue weighted by Crippen LogP contribution is 2.26. The van der Waals surface area contributed by atoms with E-state index in [4.69, 9.17) is 20.8 Å². The maximum absolute atomic E-state index is 12.3. The third kappa shape index (κ3) is 4.54. The summed E-state index contributed by atoms with van der Waals surface area (Å²) in [7, 11) is 0. The summed E-state index contributed by atoms with van der Waals surface area (Å²) in [6, 6.07) is 9.70. The Kier molecular flexibility index (Phi) is 6.13. The molecule has 4 rings (SSSR count). The van der Waals surface area contributed by atoms with Crippen molar-refractivity contribution in [3.8, 4) is 5.75 Å². The van der Waals surface area contributed by atoms with Gasteiger partial charge in [0, 0.05) is 13.1 Å². The highest BCUT2D eigenvalue weighted by molar-refractivity contribution is 6.31. The molecule has 0 saturated carbocycles. The summed E-state index contributed by atoms with van der Waals surface area (Å²) in [5.41, 5.74) is 4.55. The number of carbonyl (C=O) groups excluding carboxylic acids is 1. The number of fused-ring (bicyclic) bond motifs is 1. The SMILES string of the molecule is Cc1nn(CCCNC(=O)c2ccc(COc3ccc4c(c3)CCC4)o2)c(C)c1Cl. The zero-order chi connectivity index (χ0) is 21.1. The summed E-state index contributed by atoms with van der Waals surface area (Å²) < 4.78 is 13.3. The van der Waals surface area contributed by atoms with Gasteiger partial charge in [0.05, 0.1) is 16.4 Å². The second-order valence-corrected chi connectivity index (χ2v) is 8.03. The average Bonchev–Trinajstić information content (AvgIpc) is 3.46. The molecule has 0 saturated heterocycles. The summed E-state index contributed by atoms with van der Waals surface area (Å²) >= 11 is 6.16. The Hall–Kier alpha value is -2.73. The maximum Gasteiger partial charge on any atom is 0.286 e. The van der Waals surface area contributed by atoms with E-state index < -0.39 is 0 Å². The van der Waals surface area contributed by atoms with Crippen LogP contribution in [0.25, 0.3) is 0 Å². The Balaban J connectivity index is 1.23. The molecule has 3 aromatic rings. The van der Waals surface area contributed by atoms with Crippen molar-refractivity contribution in [3.05, 3.63) is 69.4 Å². The molecule has 158 valence electrons. The molecule has 7 heteroatoms. The summed E-state index contributed by atoms with van der Waals surface area (Å²) in [4.78, 5) is 12.3. The lowest BCUT2D eigenvalue weighted by Crippen LogP contribution is -2.25. The highest BCUT2D eigenvalue weighted by atomic mass is 35.5. The molecule has 2 heterocycles. The van der Waals surface area contributed by atoms with E-state index in [0.29, 0.717) is 30.5 Å². The molecular formula is C23H26ClN3O3. The monoisotopic (exact) mass is 427 g/mol. The normalized spacial score (nSPS) is 12.8. The van der Waals surface area contributed by atoms with E-state index in [0.717, 1.165) is 36.4 Å². The third-order valence-electron chi connectivity index (χ3n) is 5.46. The van der Waals surface area contributed by atoms with Gasteiger partial charge in [0.15, 0.2) is 5.76 Å². The number of nitrogens with zero attached hydrogens (tertiary/aromatic N) is 2. The van der Waals surface area contributed by atoms with E-state index in [1.165, 1.54) is 17.5 Å². The van der Waals surface area contributed by atoms with Gasteiger partial charge in [-0.3, -0.25) is 9.48 Å². The molecule has 2 aromatic heterocycles. The number of rotatable bonds is 8. The van der Waals surface area contributed by atoms with Crippen LogP contribution in [-0.2, 0) is 26.0 Å². The van der Waals surface area contributed by atoms with E-state index in [9.17, 15) is 4.79 Å². The van der Waals surface area contributed by atoms with E-state index >= 15 is 0 Å². The Bertz CT molecular complexity index is 1050. The molecule has 6 nitrogen and oxygen atoms in total. The molecular weight excluding hydrogens is 402 g/mol. The predicted molar refractivity (Wildman–Crippen MR) is 115 cm³/mol. The number of ether oxygens (including phenoxy) is 1. The Morgan fingerprint density at radius 3 is 2.87 bits per heavy atom. The van der Waals surface area contributed by atoms with Crippen LogP contribution in [0.5, 0.6) is 5.75 Å². The smallest absolute Gasteiger partial charge is 0.286 e. The number of nitrogens with one attached hydrogen (secondary N) is 1. The Labute approximate surface area is 181 Å². The first-order valence-electron chi connectivity index (χ1n) is 10.3. The van der Waals surface area contributed by atoms with Crippen LogP contribution in [0, 0.1) is 13.8 Å². The molecule has 1 aromatic carbocycles. The number of furan rings is 1. The molecule has 1 aliphatic carbocycles. The minimum absolute atomic E-state index is 0.231. The van der Waals surface area contributed by atoms with Crippen LogP contribution >= 0.6 is 11.6 Å². The van der Waals surface area contributed by atoms with Crippen molar-refractivity contribution in [2.75, 3.05) is 6.54 Å². The zero-order valence-electron chi connectivity index (χ0n) is 17.3. The fourth-order valence-corrected chi connectivity index (χ4v) is 3.92. The minimum Gasteiger partial charge on any atom is -0.486 e. The van der Waals surface area contributed by atoms with Crippen molar-refractivity contribution < 1.29 is 13.9 Å². The lowest BCUT2D eigenvalue weighted by Gasteiger charge is -2.07. The molecule has 0 bridgehead atoms. The van der Waals surface area contributed by atoms with Crippen molar-refractivity contribution in [2.24, 2.45) is 0 Å². The van der Waals surface area contributed by atoms with Gasteiger partial charge in [-0.15, -0.1) is 0 Å². The van der Waals surface area contributed by atoms with Crippen LogP contribution in [0.4, 0.5) is 0 Å². The second kappa shape index (κ2) is 8.96. The van der Waals surface area contributed by atoms with E-state index in [2.05, 4.69) is 22.5 Å². The van der Waals surface area contributed by atoms with E-state index in [1.807, 2.05) is 24.6 Å². The highest BCUT2D eigenvalue weighted by Gasteiger charge is 2.14. The van der Waals surface area contributed by atoms with Gasteiger partial charge in [-0.25, -0.2) is 0 Å².